The Morgan fingerprint density at radius 3 is 2.86 bits per heavy atom. The number of fused-ring (bicyclic) bond motifs is 2. The Labute approximate surface area is 212 Å². The Morgan fingerprint density at radius 2 is 2.05 bits per heavy atom. The Kier molecular flexibility index (Phi) is 6.31. The lowest BCUT2D eigenvalue weighted by Gasteiger charge is -2.30. The molecule has 10 nitrogen and oxygen atoms in total. The van der Waals surface area contributed by atoms with Gasteiger partial charge in [0.1, 0.15) is 5.52 Å². The maximum absolute atomic E-state index is 14.6. The SMILES string of the molecule is Cn1cc2cc(NC(=O)c3ccc(N4CCOCC4)c4cnc(OCC5CCOC5)nc34)cc(F)c2n1. The third-order valence-electron chi connectivity index (χ3n) is 6.71. The fourth-order valence-electron chi connectivity index (χ4n) is 4.81. The molecule has 2 aliphatic heterocycles. The van der Waals surface area contributed by atoms with E-state index in [0.717, 1.165) is 37.2 Å². The second-order valence-corrected chi connectivity index (χ2v) is 9.34. The van der Waals surface area contributed by atoms with Gasteiger partial charge in [-0.25, -0.2) is 9.37 Å². The molecule has 1 atom stereocenters. The van der Waals surface area contributed by atoms with Crippen LogP contribution in [-0.2, 0) is 16.5 Å². The van der Waals surface area contributed by atoms with Crippen LogP contribution in [-0.4, -0.2) is 71.8 Å². The molecule has 2 fully saturated rings. The third kappa shape index (κ3) is 4.79. The number of hydrogen-bond acceptors (Lipinski definition) is 8. The number of morpholine rings is 1. The summed E-state index contributed by atoms with van der Waals surface area (Å²) in [5.74, 6) is -0.621. The fourth-order valence-corrected chi connectivity index (χ4v) is 4.81. The molecule has 1 amide bonds. The summed E-state index contributed by atoms with van der Waals surface area (Å²) in [7, 11) is 1.72. The molecule has 0 saturated carbocycles. The van der Waals surface area contributed by atoms with Crippen molar-refractivity contribution in [1.29, 1.82) is 0 Å². The number of ether oxygens (including phenoxy) is 3. The average Bonchev–Trinajstić information content (AvgIpc) is 3.56. The highest BCUT2D eigenvalue weighted by Gasteiger charge is 2.22. The standard InChI is InChI=1S/C26H27FN6O4/c1-32-13-17-10-18(11-21(27)23(17)31-32)29-25(34)19-2-3-22(33-5-8-35-9-6-33)20-12-28-26(30-24(19)20)37-15-16-4-7-36-14-16/h2-3,10-13,16H,4-9,14-15H2,1H3,(H,29,34). The van der Waals surface area contributed by atoms with E-state index in [1.807, 2.05) is 6.07 Å². The Morgan fingerprint density at radius 1 is 1.19 bits per heavy atom. The molecule has 11 heteroatoms. The van der Waals surface area contributed by atoms with E-state index >= 15 is 0 Å². The lowest BCUT2D eigenvalue weighted by atomic mass is 10.1. The van der Waals surface area contributed by atoms with Crippen molar-refractivity contribution in [2.24, 2.45) is 13.0 Å². The first kappa shape index (κ1) is 23.6. The zero-order valence-corrected chi connectivity index (χ0v) is 20.4. The highest BCUT2D eigenvalue weighted by molar-refractivity contribution is 6.14. The third-order valence-corrected chi connectivity index (χ3v) is 6.71. The maximum atomic E-state index is 14.6. The molecule has 2 aromatic heterocycles. The lowest BCUT2D eigenvalue weighted by Crippen LogP contribution is -2.36. The van der Waals surface area contributed by atoms with E-state index in [-0.39, 0.29) is 11.5 Å². The summed E-state index contributed by atoms with van der Waals surface area (Å²) in [6.07, 6.45) is 4.33. The van der Waals surface area contributed by atoms with Crippen LogP contribution in [0.15, 0.2) is 36.7 Å². The molecule has 4 heterocycles. The van der Waals surface area contributed by atoms with Crippen molar-refractivity contribution in [2.75, 3.05) is 56.3 Å². The first-order valence-corrected chi connectivity index (χ1v) is 12.3. The van der Waals surface area contributed by atoms with Crippen LogP contribution >= 0.6 is 0 Å². The number of aryl methyl sites for hydroxylation is 1. The minimum absolute atomic E-state index is 0.204. The number of carbonyl (C=O) groups excluding carboxylic acids is 1. The molecule has 0 aliphatic carbocycles. The van der Waals surface area contributed by atoms with Crippen molar-refractivity contribution >= 4 is 39.1 Å². The molecule has 0 spiro atoms. The molecule has 2 saturated heterocycles. The van der Waals surface area contributed by atoms with E-state index in [0.29, 0.717) is 54.5 Å². The number of halogens is 1. The fraction of sp³-hybridized carbons (Fsp3) is 0.385. The molecule has 1 unspecified atom stereocenters. The summed E-state index contributed by atoms with van der Waals surface area (Å²) >= 11 is 0. The van der Waals surface area contributed by atoms with E-state index < -0.39 is 11.7 Å². The van der Waals surface area contributed by atoms with Crippen LogP contribution in [0.25, 0.3) is 21.8 Å². The van der Waals surface area contributed by atoms with Crippen molar-refractivity contribution in [2.45, 2.75) is 6.42 Å². The van der Waals surface area contributed by atoms with Gasteiger partial charge in [-0.05, 0) is 30.7 Å². The molecular weight excluding hydrogens is 479 g/mol. The van der Waals surface area contributed by atoms with Crippen LogP contribution in [0, 0.1) is 11.7 Å². The molecular formula is C26H27FN6O4. The van der Waals surface area contributed by atoms with Gasteiger partial charge in [0.25, 0.3) is 5.91 Å². The summed E-state index contributed by atoms with van der Waals surface area (Å²) in [4.78, 5) is 24.7. The van der Waals surface area contributed by atoms with E-state index in [9.17, 15) is 9.18 Å². The number of hydrogen-bond donors (Lipinski definition) is 1. The van der Waals surface area contributed by atoms with Crippen molar-refractivity contribution < 1.29 is 23.4 Å². The minimum atomic E-state index is -0.505. The van der Waals surface area contributed by atoms with Gasteiger partial charge < -0.3 is 24.4 Å². The van der Waals surface area contributed by atoms with Crippen molar-refractivity contribution in [3.63, 3.8) is 0 Å². The number of anilines is 2. The van der Waals surface area contributed by atoms with Gasteiger partial charge in [0.15, 0.2) is 5.82 Å². The van der Waals surface area contributed by atoms with Gasteiger partial charge in [0, 0.05) is 67.2 Å². The average molecular weight is 507 g/mol. The van der Waals surface area contributed by atoms with Gasteiger partial charge in [-0.2, -0.15) is 10.1 Å². The highest BCUT2D eigenvalue weighted by Crippen LogP contribution is 2.31. The summed E-state index contributed by atoms with van der Waals surface area (Å²) in [6.45, 7) is 4.53. The topological polar surface area (TPSA) is 104 Å². The molecule has 0 radical (unpaired) electrons. The molecule has 37 heavy (non-hydrogen) atoms. The smallest absolute Gasteiger partial charge is 0.316 e. The van der Waals surface area contributed by atoms with E-state index in [4.69, 9.17) is 14.2 Å². The number of benzene rings is 2. The van der Waals surface area contributed by atoms with Crippen molar-refractivity contribution in [3.8, 4) is 6.01 Å². The monoisotopic (exact) mass is 506 g/mol. The molecule has 4 aromatic rings. The van der Waals surface area contributed by atoms with Gasteiger partial charge in [-0.15, -0.1) is 0 Å². The van der Waals surface area contributed by atoms with Crippen LogP contribution in [0.5, 0.6) is 6.01 Å². The Bertz CT molecular complexity index is 1460. The number of aromatic nitrogens is 4. The summed E-state index contributed by atoms with van der Waals surface area (Å²) in [6, 6.07) is 6.80. The van der Waals surface area contributed by atoms with Crippen LogP contribution in [0.4, 0.5) is 15.8 Å². The van der Waals surface area contributed by atoms with Crippen LogP contribution in [0.3, 0.4) is 0 Å². The molecule has 1 N–H and O–H groups in total. The summed E-state index contributed by atoms with van der Waals surface area (Å²) < 4.78 is 32.9. The number of rotatable bonds is 6. The first-order chi connectivity index (χ1) is 18.0. The maximum Gasteiger partial charge on any atom is 0.316 e. The molecule has 192 valence electrons. The summed E-state index contributed by atoms with van der Waals surface area (Å²) in [5.41, 5.74) is 2.32. The number of nitrogens with zero attached hydrogens (tertiary/aromatic N) is 5. The predicted molar refractivity (Wildman–Crippen MR) is 136 cm³/mol. The minimum Gasteiger partial charge on any atom is -0.463 e. The van der Waals surface area contributed by atoms with Crippen LogP contribution in [0.1, 0.15) is 16.8 Å². The lowest BCUT2D eigenvalue weighted by molar-refractivity contribution is 0.102. The Hall–Kier alpha value is -3.83. The van der Waals surface area contributed by atoms with Gasteiger partial charge in [0.05, 0.1) is 37.5 Å². The molecule has 2 aromatic carbocycles. The van der Waals surface area contributed by atoms with Crippen LogP contribution < -0.4 is 15.0 Å². The number of carbonyl (C=O) groups is 1. The van der Waals surface area contributed by atoms with Gasteiger partial charge in [0.2, 0.25) is 0 Å². The highest BCUT2D eigenvalue weighted by atomic mass is 19.1. The largest absolute Gasteiger partial charge is 0.463 e. The number of nitrogens with one attached hydrogen (secondary N) is 1. The summed E-state index contributed by atoms with van der Waals surface area (Å²) in [5, 5.41) is 8.27. The molecule has 2 aliphatic rings. The Balaban J connectivity index is 1.35. The second-order valence-electron chi connectivity index (χ2n) is 9.34. The van der Waals surface area contributed by atoms with E-state index in [1.165, 1.54) is 10.7 Å². The zero-order chi connectivity index (χ0) is 25.4. The van der Waals surface area contributed by atoms with Crippen LogP contribution in [0.2, 0.25) is 0 Å². The predicted octanol–water partition coefficient (Wildman–Crippen LogP) is 3.16. The van der Waals surface area contributed by atoms with Crippen molar-refractivity contribution in [1.82, 2.24) is 19.7 Å². The number of amides is 1. The van der Waals surface area contributed by atoms with E-state index in [1.54, 1.807) is 31.6 Å². The normalized spacial score (nSPS) is 18.0. The molecule has 0 bridgehead atoms. The zero-order valence-electron chi connectivity index (χ0n) is 20.4. The van der Waals surface area contributed by atoms with Gasteiger partial charge in [-0.3, -0.25) is 9.48 Å². The molecule has 6 rings (SSSR count). The quantitative estimate of drug-likeness (QED) is 0.425. The van der Waals surface area contributed by atoms with Gasteiger partial charge in [-0.1, -0.05) is 0 Å². The first-order valence-electron chi connectivity index (χ1n) is 12.3. The van der Waals surface area contributed by atoms with Crippen molar-refractivity contribution in [3.05, 3.63) is 48.0 Å². The van der Waals surface area contributed by atoms with E-state index in [2.05, 4.69) is 25.3 Å². The second kappa shape index (κ2) is 9.91. The van der Waals surface area contributed by atoms with Gasteiger partial charge >= 0.3 is 6.01 Å².